The third-order valence-electron chi connectivity index (χ3n) is 5.40. The average molecular weight is 281 g/mol. The summed E-state index contributed by atoms with van der Waals surface area (Å²) in [7, 11) is 0. The molecule has 1 aliphatic heterocycles. The maximum Gasteiger partial charge on any atom is 0.0687 e. The van der Waals surface area contributed by atoms with Gasteiger partial charge in [0.1, 0.15) is 0 Å². The third kappa shape index (κ3) is 4.46. The molecule has 1 saturated heterocycles. The smallest absolute Gasteiger partial charge is 0.0687 e. The van der Waals surface area contributed by atoms with Gasteiger partial charge in [0.15, 0.2) is 0 Å². The van der Waals surface area contributed by atoms with Crippen molar-refractivity contribution in [2.75, 3.05) is 6.54 Å². The monoisotopic (exact) mass is 281 g/mol. The molecule has 1 saturated carbocycles. The van der Waals surface area contributed by atoms with Gasteiger partial charge < -0.3 is 10.1 Å². The Morgan fingerprint density at radius 3 is 2.35 bits per heavy atom. The lowest BCUT2D eigenvalue weighted by Crippen LogP contribution is -2.35. The van der Waals surface area contributed by atoms with Crippen molar-refractivity contribution in [3.05, 3.63) is 0 Å². The van der Waals surface area contributed by atoms with Gasteiger partial charge in [-0.15, -0.1) is 0 Å². The Bertz CT molecular complexity index is 281. The van der Waals surface area contributed by atoms with Crippen molar-refractivity contribution in [3.8, 4) is 0 Å². The van der Waals surface area contributed by atoms with Crippen LogP contribution in [-0.4, -0.2) is 24.3 Å². The van der Waals surface area contributed by atoms with Crippen LogP contribution in [0, 0.1) is 11.8 Å². The minimum atomic E-state index is 0.288. The van der Waals surface area contributed by atoms with Crippen LogP contribution in [0.2, 0.25) is 0 Å². The van der Waals surface area contributed by atoms with Gasteiger partial charge in [-0.3, -0.25) is 0 Å². The molecule has 0 aromatic rings. The molecule has 2 heteroatoms. The van der Waals surface area contributed by atoms with Gasteiger partial charge in [-0.05, 0) is 50.5 Å². The molecule has 0 amide bonds. The van der Waals surface area contributed by atoms with E-state index in [2.05, 4.69) is 33.0 Å². The van der Waals surface area contributed by atoms with Gasteiger partial charge in [0.25, 0.3) is 0 Å². The highest BCUT2D eigenvalue weighted by Crippen LogP contribution is 2.43. The van der Waals surface area contributed by atoms with Crippen molar-refractivity contribution in [2.24, 2.45) is 11.8 Å². The summed E-state index contributed by atoms with van der Waals surface area (Å²) < 4.78 is 6.55. The van der Waals surface area contributed by atoms with Crippen LogP contribution in [0.4, 0.5) is 0 Å². The van der Waals surface area contributed by atoms with Crippen LogP contribution in [0.15, 0.2) is 0 Å². The molecule has 20 heavy (non-hydrogen) atoms. The normalized spacial score (nSPS) is 27.6. The lowest BCUT2D eigenvalue weighted by Gasteiger charge is -2.34. The molecule has 1 spiro atoms. The SMILES string of the molecule is CC(C)NCC(CC1CCC2(CCCCC2)O1)C(C)C. The van der Waals surface area contributed by atoms with E-state index in [1.165, 1.54) is 51.4 Å². The molecule has 2 nitrogen and oxygen atoms in total. The summed E-state index contributed by atoms with van der Waals surface area (Å²) >= 11 is 0. The fourth-order valence-corrected chi connectivity index (χ4v) is 3.94. The molecule has 2 unspecified atom stereocenters. The summed E-state index contributed by atoms with van der Waals surface area (Å²) in [6.45, 7) is 10.3. The van der Waals surface area contributed by atoms with Crippen LogP contribution in [0.1, 0.15) is 79.1 Å². The first-order valence-corrected chi connectivity index (χ1v) is 8.92. The second-order valence-corrected chi connectivity index (χ2v) is 7.82. The Kier molecular flexibility index (Phi) is 5.92. The number of hydrogen-bond acceptors (Lipinski definition) is 2. The van der Waals surface area contributed by atoms with Crippen molar-refractivity contribution < 1.29 is 4.74 Å². The molecule has 0 bridgehead atoms. The third-order valence-corrected chi connectivity index (χ3v) is 5.40. The minimum Gasteiger partial charge on any atom is -0.372 e. The molecule has 1 N–H and O–H groups in total. The fourth-order valence-electron chi connectivity index (χ4n) is 3.94. The molecule has 0 aromatic heterocycles. The fraction of sp³-hybridized carbons (Fsp3) is 1.00. The van der Waals surface area contributed by atoms with E-state index in [1.54, 1.807) is 0 Å². The predicted molar refractivity (Wildman–Crippen MR) is 86.0 cm³/mol. The van der Waals surface area contributed by atoms with Crippen molar-refractivity contribution in [2.45, 2.75) is 96.8 Å². The average Bonchev–Trinajstić information content (AvgIpc) is 2.77. The summed E-state index contributed by atoms with van der Waals surface area (Å²) in [5.41, 5.74) is 0.288. The zero-order valence-corrected chi connectivity index (χ0v) is 14.1. The first kappa shape index (κ1) is 16.3. The molecule has 2 aliphatic rings. The van der Waals surface area contributed by atoms with E-state index in [1.807, 2.05) is 0 Å². The maximum absolute atomic E-state index is 6.55. The topological polar surface area (TPSA) is 21.3 Å². The van der Waals surface area contributed by atoms with Gasteiger partial charge in [0.05, 0.1) is 11.7 Å². The first-order valence-electron chi connectivity index (χ1n) is 8.92. The summed E-state index contributed by atoms with van der Waals surface area (Å²) in [4.78, 5) is 0. The number of nitrogens with one attached hydrogen (secondary N) is 1. The highest BCUT2D eigenvalue weighted by Gasteiger charge is 2.41. The zero-order valence-electron chi connectivity index (χ0n) is 14.1. The second-order valence-electron chi connectivity index (χ2n) is 7.82. The van der Waals surface area contributed by atoms with Crippen LogP contribution >= 0.6 is 0 Å². The molecule has 2 fully saturated rings. The Hall–Kier alpha value is -0.0800. The number of hydrogen-bond donors (Lipinski definition) is 1. The van der Waals surface area contributed by atoms with E-state index in [0.29, 0.717) is 12.1 Å². The van der Waals surface area contributed by atoms with Gasteiger partial charge in [-0.25, -0.2) is 0 Å². The van der Waals surface area contributed by atoms with Crippen molar-refractivity contribution in [1.82, 2.24) is 5.32 Å². The van der Waals surface area contributed by atoms with Crippen molar-refractivity contribution in [1.29, 1.82) is 0 Å². The lowest BCUT2D eigenvalue weighted by molar-refractivity contribution is -0.0714. The summed E-state index contributed by atoms with van der Waals surface area (Å²) in [6, 6.07) is 0.588. The van der Waals surface area contributed by atoms with Crippen molar-refractivity contribution >= 4 is 0 Å². The lowest BCUT2D eigenvalue weighted by atomic mass is 9.82. The molecule has 118 valence electrons. The molecular weight excluding hydrogens is 246 g/mol. The van der Waals surface area contributed by atoms with Gasteiger partial charge in [-0.1, -0.05) is 47.0 Å². The number of ether oxygens (including phenoxy) is 1. The van der Waals surface area contributed by atoms with Gasteiger partial charge in [-0.2, -0.15) is 0 Å². The van der Waals surface area contributed by atoms with E-state index < -0.39 is 0 Å². The maximum atomic E-state index is 6.55. The van der Waals surface area contributed by atoms with Crippen LogP contribution < -0.4 is 5.32 Å². The molecule has 2 atom stereocenters. The predicted octanol–water partition coefficient (Wildman–Crippen LogP) is 4.53. The largest absolute Gasteiger partial charge is 0.372 e. The van der Waals surface area contributed by atoms with Crippen LogP contribution in [0.25, 0.3) is 0 Å². The molecule has 1 aliphatic carbocycles. The summed E-state index contributed by atoms with van der Waals surface area (Å²) in [6.07, 6.45) is 11.2. The Balaban J connectivity index is 1.82. The zero-order chi connectivity index (χ0) is 14.6. The number of rotatable bonds is 6. The Labute approximate surface area is 126 Å². The molecule has 1 heterocycles. The van der Waals surface area contributed by atoms with Gasteiger partial charge >= 0.3 is 0 Å². The summed E-state index contributed by atoms with van der Waals surface area (Å²) in [5.74, 6) is 1.49. The van der Waals surface area contributed by atoms with Crippen LogP contribution in [0.5, 0.6) is 0 Å². The quantitative estimate of drug-likeness (QED) is 0.772. The molecular formula is C18H35NO. The second kappa shape index (κ2) is 7.26. The highest BCUT2D eigenvalue weighted by molar-refractivity contribution is 4.92. The Morgan fingerprint density at radius 1 is 1.05 bits per heavy atom. The van der Waals surface area contributed by atoms with Gasteiger partial charge in [0, 0.05) is 6.04 Å². The summed E-state index contributed by atoms with van der Waals surface area (Å²) in [5, 5.41) is 3.62. The Morgan fingerprint density at radius 2 is 1.75 bits per heavy atom. The van der Waals surface area contributed by atoms with Crippen molar-refractivity contribution in [3.63, 3.8) is 0 Å². The van der Waals surface area contributed by atoms with E-state index in [-0.39, 0.29) is 5.60 Å². The van der Waals surface area contributed by atoms with Gasteiger partial charge in [0.2, 0.25) is 0 Å². The highest BCUT2D eigenvalue weighted by atomic mass is 16.5. The van der Waals surface area contributed by atoms with E-state index in [9.17, 15) is 0 Å². The van der Waals surface area contributed by atoms with E-state index >= 15 is 0 Å². The van der Waals surface area contributed by atoms with E-state index in [4.69, 9.17) is 4.74 Å². The van der Waals surface area contributed by atoms with E-state index in [0.717, 1.165) is 18.4 Å². The standard InChI is InChI=1S/C18H35NO/c1-14(2)16(13-19-15(3)4)12-17-8-11-18(20-17)9-6-5-7-10-18/h14-17,19H,5-13H2,1-4H3. The molecule has 0 aromatic carbocycles. The first-order chi connectivity index (χ1) is 9.51. The minimum absolute atomic E-state index is 0.288. The van der Waals surface area contributed by atoms with Crippen LogP contribution in [0.3, 0.4) is 0 Å². The molecule has 0 radical (unpaired) electrons. The molecule has 2 rings (SSSR count). The van der Waals surface area contributed by atoms with Crippen LogP contribution in [-0.2, 0) is 4.74 Å².